The molecule has 23 heavy (non-hydrogen) atoms. The van der Waals surface area contributed by atoms with Crippen LogP contribution in [0.5, 0.6) is 0 Å². The largest absolute Gasteiger partial charge is 0.339 e. The Kier molecular flexibility index (Phi) is 3.63. The van der Waals surface area contributed by atoms with Crippen LogP contribution in [-0.2, 0) is 13.5 Å². The molecule has 2 aromatic heterocycles. The van der Waals surface area contributed by atoms with Gasteiger partial charge in [0.05, 0.1) is 0 Å². The van der Waals surface area contributed by atoms with Crippen LogP contribution in [0, 0.1) is 5.92 Å². The molecule has 0 aromatic carbocycles. The molecule has 1 atom stereocenters. The summed E-state index contributed by atoms with van der Waals surface area (Å²) in [6.45, 7) is 1.54. The van der Waals surface area contributed by atoms with Gasteiger partial charge < -0.3 is 9.42 Å². The first-order valence-corrected chi connectivity index (χ1v) is 8.30. The summed E-state index contributed by atoms with van der Waals surface area (Å²) in [5.74, 6) is 2.53. The van der Waals surface area contributed by atoms with Gasteiger partial charge in [-0.25, -0.2) is 0 Å². The Morgan fingerprint density at radius 3 is 3.00 bits per heavy atom. The van der Waals surface area contributed by atoms with Crippen LogP contribution in [0.1, 0.15) is 53.8 Å². The van der Waals surface area contributed by atoms with Gasteiger partial charge in [-0.1, -0.05) is 5.16 Å². The van der Waals surface area contributed by atoms with Gasteiger partial charge in [0.15, 0.2) is 5.82 Å². The summed E-state index contributed by atoms with van der Waals surface area (Å²) in [7, 11) is 1.80. The highest BCUT2D eigenvalue weighted by atomic mass is 16.5. The summed E-state index contributed by atoms with van der Waals surface area (Å²) in [6.07, 6.45) is 6.88. The van der Waals surface area contributed by atoms with E-state index in [1.54, 1.807) is 24.0 Å². The molecule has 0 bridgehead atoms. The smallest absolute Gasteiger partial charge is 0.272 e. The van der Waals surface area contributed by atoms with E-state index in [1.165, 1.54) is 12.8 Å². The Morgan fingerprint density at radius 2 is 2.26 bits per heavy atom. The van der Waals surface area contributed by atoms with E-state index in [-0.39, 0.29) is 5.91 Å². The van der Waals surface area contributed by atoms with Crippen molar-refractivity contribution in [3.05, 3.63) is 29.7 Å². The zero-order valence-corrected chi connectivity index (χ0v) is 13.3. The van der Waals surface area contributed by atoms with E-state index in [2.05, 4.69) is 15.2 Å². The molecule has 7 nitrogen and oxygen atoms in total. The summed E-state index contributed by atoms with van der Waals surface area (Å²) in [5.41, 5.74) is 0.638. The van der Waals surface area contributed by atoms with Gasteiger partial charge in [0.25, 0.3) is 5.91 Å². The molecule has 122 valence electrons. The first kappa shape index (κ1) is 14.4. The number of aryl methyl sites for hydroxylation is 1. The minimum Gasteiger partial charge on any atom is -0.339 e. The monoisotopic (exact) mass is 315 g/mol. The van der Waals surface area contributed by atoms with E-state index < -0.39 is 0 Å². The minimum absolute atomic E-state index is 0.0545. The van der Waals surface area contributed by atoms with Gasteiger partial charge in [0, 0.05) is 38.7 Å². The van der Waals surface area contributed by atoms with Crippen molar-refractivity contribution < 1.29 is 9.32 Å². The predicted octanol–water partition coefficient (Wildman–Crippen LogP) is 1.78. The van der Waals surface area contributed by atoms with Gasteiger partial charge in [0.1, 0.15) is 5.69 Å². The fraction of sp³-hybridized carbons (Fsp3) is 0.625. The van der Waals surface area contributed by atoms with Gasteiger partial charge in [-0.15, -0.1) is 0 Å². The second-order valence-electron chi connectivity index (χ2n) is 6.62. The van der Waals surface area contributed by atoms with Crippen molar-refractivity contribution in [3.8, 4) is 0 Å². The van der Waals surface area contributed by atoms with Gasteiger partial charge in [0.2, 0.25) is 5.89 Å². The number of aromatic nitrogens is 4. The molecule has 0 unspecified atom stereocenters. The summed E-state index contributed by atoms with van der Waals surface area (Å²) < 4.78 is 7.01. The van der Waals surface area contributed by atoms with Crippen molar-refractivity contribution in [1.82, 2.24) is 24.8 Å². The van der Waals surface area contributed by atoms with Gasteiger partial charge in [-0.05, 0) is 37.7 Å². The fourth-order valence-electron chi connectivity index (χ4n) is 3.27. The molecule has 7 heteroatoms. The molecule has 1 saturated heterocycles. The summed E-state index contributed by atoms with van der Waals surface area (Å²) in [6, 6.07) is 1.77. The molecule has 1 saturated carbocycles. The highest BCUT2D eigenvalue weighted by molar-refractivity contribution is 5.92. The molecule has 0 spiro atoms. The van der Waals surface area contributed by atoms with E-state index in [1.807, 2.05) is 4.90 Å². The number of amides is 1. The lowest BCUT2D eigenvalue weighted by Crippen LogP contribution is -2.41. The van der Waals surface area contributed by atoms with Crippen molar-refractivity contribution in [2.24, 2.45) is 13.0 Å². The zero-order valence-electron chi connectivity index (χ0n) is 13.3. The maximum atomic E-state index is 12.6. The number of hydrogen-bond acceptors (Lipinski definition) is 5. The highest BCUT2D eigenvalue weighted by Crippen LogP contribution is 2.38. The molecule has 1 amide bonds. The van der Waals surface area contributed by atoms with Gasteiger partial charge in [-0.3, -0.25) is 9.48 Å². The van der Waals surface area contributed by atoms with Crippen LogP contribution in [0.15, 0.2) is 16.8 Å². The number of piperidine rings is 1. The number of carbonyl (C=O) groups excluding carboxylic acids is 1. The molecule has 4 rings (SSSR count). The molecular formula is C16H21N5O2. The number of nitrogens with zero attached hydrogens (tertiary/aromatic N) is 5. The lowest BCUT2D eigenvalue weighted by Gasteiger charge is -2.32. The number of rotatable bonds is 4. The number of hydrogen-bond donors (Lipinski definition) is 0. The molecule has 3 heterocycles. The summed E-state index contributed by atoms with van der Waals surface area (Å²) in [4.78, 5) is 19.0. The Hall–Kier alpha value is -2.18. The SMILES string of the molecule is Cn1nccc1C(=O)N1CCC[C@H](Cc2nc(C3CC3)no2)C1. The third kappa shape index (κ3) is 3.00. The topological polar surface area (TPSA) is 77.1 Å². The maximum Gasteiger partial charge on any atom is 0.272 e. The Bertz CT molecular complexity index is 703. The van der Waals surface area contributed by atoms with E-state index in [4.69, 9.17) is 4.52 Å². The van der Waals surface area contributed by atoms with Crippen molar-refractivity contribution >= 4 is 5.91 Å². The third-order valence-corrected chi connectivity index (χ3v) is 4.74. The number of carbonyl (C=O) groups is 1. The van der Waals surface area contributed by atoms with E-state index >= 15 is 0 Å². The minimum atomic E-state index is 0.0545. The van der Waals surface area contributed by atoms with Crippen LogP contribution in [0.3, 0.4) is 0 Å². The molecule has 0 radical (unpaired) electrons. The van der Waals surface area contributed by atoms with Crippen LogP contribution in [-0.4, -0.2) is 43.8 Å². The zero-order chi connectivity index (χ0) is 15.8. The quantitative estimate of drug-likeness (QED) is 0.859. The third-order valence-electron chi connectivity index (χ3n) is 4.74. The molecule has 2 fully saturated rings. The fourth-order valence-corrected chi connectivity index (χ4v) is 3.27. The van der Waals surface area contributed by atoms with Gasteiger partial charge in [-0.2, -0.15) is 10.1 Å². The highest BCUT2D eigenvalue weighted by Gasteiger charge is 2.30. The Labute approximate surface area is 134 Å². The van der Waals surface area contributed by atoms with Crippen LogP contribution in [0.25, 0.3) is 0 Å². The summed E-state index contributed by atoms with van der Waals surface area (Å²) in [5, 5.41) is 8.15. The van der Waals surface area contributed by atoms with Crippen molar-refractivity contribution in [1.29, 1.82) is 0 Å². The normalized spacial score (nSPS) is 21.6. The molecular weight excluding hydrogens is 294 g/mol. The molecule has 0 N–H and O–H groups in total. The van der Waals surface area contributed by atoms with Crippen molar-refractivity contribution in [3.63, 3.8) is 0 Å². The van der Waals surface area contributed by atoms with Gasteiger partial charge >= 0.3 is 0 Å². The van der Waals surface area contributed by atoms with Crippen LogP contribution in [0.2, 0.25) is 0 Å². The lowest BCUT2D eigenvalue weighted by atomic mass is 9.94. The molecule has 2 aliphatic rings. The second-order valence-corrected chi connectivity index (χ2v) is 6.62. The van der Waals surface area contributed by atoms with Crippen molar-refractivity contribution in [2.45, 2.75) is 38.0 Å². The molecule has 1 aliphatic heterocycles. The predicted molar refractivity (Wildman–Crippen MR) is 81.8 cm³/mol. The first-order chi connectivity index (χ1) is 11.2. The van der Waals surface area contributed by atoms with E-state index in [0.29, 0.717) is 23.4 Å². The lowest BCUT2D eigenvalue weighted by molar-refractivity contribution is 0.0657. The van der Waals surface area contributed by atoms with Crippen LogP contribution in [0.4, 0.5) is 0 Å². The van der Waals surface area contributed by atoms with E-state index in [0.717, 1.165) is 38.2 Å². The number of likely N-dealkylation sites (tertiary alicyclic amines) is 1. The van der Waals surface area contributed by atoms with Crippen LogP contribution >= 0.6 is 0 Å². The molecule has 1 aliphatic carbocycles. The van der Waals surface area contributed by atoms with Crippen molar-refractivity contribution in [2.75, 3.05) is 13.1 Å². The maximum absolute atomic E-state index is 12.6. The Balaban J connectivity index is 1.40. The van der Waals surface area contributed by atoms with Crippen LogP contribution < -0.4 is 0 Å². The average Bonchev–Trinajstić information content (AvgIpc) is 3.16. The van der Waals surface area contributed by atoms with E-state index in [9.17, 15) is 4.79 Å². The first-order valence-electron chi connectivity index (χ1n) is 8.30. The average molecular weight is 315 g/mol. The standard InChI is InChI=1S/C16H21N5O2/c1-20-13(6-7-17-20)16(22)21-8-2-3-11(10-21)9-14-18-15(19-23-14)12-4-5-12/h6-7,11-12H,2-5,8-10H2,1H3/t11-/m1/s1. The second kappa shape index (κ2) is 5.79. The molecule has 2 aromatic rings. The Morgan fingerprint density at radius 1 is 1.39 bits per heavy atom. The summed E-state index contributed by atoms with van der Waals surface area (Å²) >= 11 is 0.